The predicted molar refractivity (Wildman–Crippen MR) is 78.9 cm³/mol. The number of nitrogen functional groups attached to an aromatic ring is 1. The number of rotatable bonds is 5. The van der Waals surface area contributed by atoms with Crippen LogP contribution in [-0.2, 0) is 6.42 Å². The van der Waals surface area contributed by atoms with Crippen molar-refractivity contribution < 1.29 is 0 Å². The molecule has 2 aromatic rings. The van der Waals surface area contributed by atoms with Crippen LogP contribution in [0.3, 0.4) is 0 Å². The minimum Gasteiger partial charge on any atom is -0.384 e. The summed E-state index contributed by atoms with van der Waals surface area (Å²) in [6.07, 6.45) is 1.86. The molecule has 1 aromatic carbocycles. The molecule has 0 radical (unpaired) electrons. The van der Waals surface area contributed by atoms with Gasteiger partial charge >= 0.3 is 0 Å². The van der Waals surface area contributed by atoms with Gasteiger partial charge in [0.15, 0.2) is 0 Å². The Labute approximate surface area is 114 Å². The third-order valence-corrected chi connectivity index (χ3v) is 2.93. The molecule has 0 spiro atoms. The summed E-state index contributed by atoms with van der Waals surface area (Å²) in [5.41, 5.74) is 7.03. The zero-order chi connectivity index (χ0) is 13.7. The van der Waals surface area contributed by atoms with Gasteiger partial charge in [0.05, 0.1) is 0 Å². The second-order valence-corrected chi connectivity index (χ2v) is 4.62. The van der Waals surface area contributed by atoms with Crippen LogP contribution in [0.4, 0.5) is 11.6 Å². The fourth-order valence-electron chi connectivity index (χ4n) is 1.97. The van der Waals surface area contributed by atoms with Crippen LogP contribution in [0.2, 0.25) is 0 Å². The average molecular weight is 256 g/mol. The first-order valence-corrected chi connectivity index (χ1v) is 6.64. The van der Waals surface area contributed by atoms with E-state index < -0.39 is 0 Å². The lowest BCUT2D eigenvalue weighted by Crippen LogP contribution is -2.10. The Morgan fingerprint density at radius 3 is 2.63 bits per heavy atom. The molecule has 0 fully saturated rings. The zero-order valence-corrected chi connectivity index (χ0v) is 11.4. The number of nitrogens with two attached hydrogens (primary N) is 1. The molecule has 0 bridgehead atoms. The lowest BCUT2D eigenvalue weighted by Gasteiger charge is -2.15. The molecular weight excluding hydrogens is 236 g/mol. The number of benzene rings is 1. The summed E-state index contributed by atoms with van der Waals surface area (Å²) in [6.45, 7) is 4.21. The summed E-state index contributed by atoms with van der Waals surface area (Å²) in [6, 6.07) is 12.2. The molecule has 0 aliphatic rings. The summed E-state index contributed by atoms with van der Waals surface area (Å²) < 4.78 is 0. The van der Waals surface area contributed by atoms with Gasteiger partial charge in [0, 0.05) is 18.5 Å². The van der Waals surface area contributed by atoms with Crippen molar-refractivity contribution in [1.29, 1.82) is 0 Å². The van der Waals surface area contributed by atoms with Crippen LogP contribution in [0, 0.1) is 0 Å². The Morgan fingerprint density at radius 1 is 1.21 bits per heavy atom. The molecule has 0 aliphatic carbocycles. The van der Waals surface area contributed by atoms with Crippen molar-refractivity contribution in [3.63, 3.8) is 0 Å². The molecule has 3 N–H and O–H groups in total. The first kappa shape index (κ1) is 13.3. The van der Waals surface area contributed by atoms with Crippen molar-refractivity contribution in [1.82, 2.24) is 9.97 Å². The molecule has 0 aliphatic heterocycles. The normalized spacial score (nSPS) is 12.1. The van der Waals surface area contributed by atoms with Crippen LogP contribution in [0.1, 0.15) is 37.7 Å². The number of hydrogen-bond donors (Lipinski definition) is 2. The highest BCUT2D eigenvalue weighted by atomic mass is 15.1. The molecule has 0 amide bonds. The van der Waals surface area contributed by atoms with Gasteiger partial charge < -0.3 is 11.1 Å². The van der Waals surface area contributed by atoms with Gasteiger partial charge in [0.2, 0.25) is 0 Å². The van der Waals surface area contributed by atoms with E-state index in [1.165, 1.54) is 5.56 Å². The van der Waals surface area contributed by atoms with E-state index in [0.717, 1.165) is 24.5 Å². The number of anilines is 2. The van der Waals surface area contributed by atoms with Gasteiger partial charge in [0.1, 0.15) is 17.5 Å². The van der Waals surface area contributed by atoms with Crippen molar-refractivity contribution in [2.75, 3.05) is 11.1 Å². The van der Waals surface area contributed by atoms with Crippen molar-refractivity contribution in [3.05, 3.63) is 47.8 Å². The van der Waals surface area contributed by atoms with Crippen molar-refractivity contribution in [2.45, 2.75) is 32.7 Å². The molecule has 1 heterocycles. The highest BCUT2D eigenvalue weighted by Gasteiger charge is 2.07. The van der Waals surface area contributed by atoms with Crippen molar-refractivity contribution >= 4 is 11.6 Å². The van der Waals surface area contributed by atoms with Crippen LogP contribution >= 0.6 is 0 Å². The maximum absolute atomic E-state index is 5.81. The predicted octanol–water partition coefficient (Wildman–Crippen LogP) is 3.18. The van der Waals surface area contributed by atoms with Gasteiger partial charge in [-0.05, 0) is 18.9 Å². The number of aryl methyl sites for hydroxylation is 1. The summed E-state index contributed by atoms with van der Waals surface area (Å²) >= 11 is 0. The van der Waals surface area contributed by atoms with Crippen LogP contribution < -0.4 is 11.1 Å². The Hall–Kier alpha value is -2.10. The van der Waals surface area contributed by atoms with E-state index in [-0.39, 0.29) is 6.04 Å². The van der Waals surface area contributed by atoms with Gasteiger partial charge in [-0.15, -0.1) is 0 Å². The number of nitrogens with zero attached hydrogens (tertiary/aromatic N) is 2. The van der Waals surface area contributed by atoms with E-state index in [1.807, 2.05) is 18.2 Å². The zero-order valence-electron chi connectivity index (χ0n) is 11.4. The minimum absolute atomic E-state index is 0.185. The number of hydrogen-bond acceptors (Lipinski definition) is 4. The molecule has 4 heteroatoms. The Morgan fingerprint density at radius 2 is 1.95 bits per heavy atom. The summed E-state index contributed by atoms with van der Waals surface area (Å²) in [5, 5.41) is 3.37. The Bertz CT molecular complexity index is 525. The Kier molecular flexibility index (Phi) is 4.34. The van der Waals surface area contributed by atoms with Gasteiger partial charge in [-0.3, -0.25) is 0 Å². The molecule has 100 valence electrons. The molecule has 4 nitrogen and oxygen atoms in total. The van der Waals surface area contributed by atoms with Gasteiger partial charge in [-0.2, -0.15) is 0 Å². The Balaban J connectivity index is 2.14. The molecule has 0 saturated carbocycles. The number of nitrogens with one attached hydrogen (secondary N) is 1. The van der Waals surface area contributed by atoms with E-state index in [0.29, 0.717) is 5.82 Å². The summed E-state index contributed by atoms with van der Waals surface area (Å²) in [5.74, 6) is 2.10. The molecular formula is C15H20N4. The molecule has 1 unspecified atom stereocenters. The van der Waals surface area contributed by atoms with Crippen molar-refractivity contribution in [3.8, 4) is 0 Å². The first-order valence-electron chi connectivity index (χ1n) is 6.64. The van der Waals surface area contributed by atoms with E-state index in [2.05, 4.69) is 41.3 Å². The fourth-order valence-corrected chi connectivity index (χ4v) is 1.97. The highest BCUT2D eigenvalue weighted by molar-refractivity contribution is 5.46. The number of aromatic nitrogens is 2. The third kappa shape index (κ3) is 3.68. The lowest BCUT2D eigenvalue weighted by atomic mass is 10.1. The first-order chi connectivity index (χ1) is 9.19. The van der Waals surface area contributed by atoms with E-state index in [1.54, 1.807) is 6.07 Å². The van der Waals surface area contributed by atoms with E-state index >= 15 is 0 Å². The fraction of sp³-hybridized carbons (Fsp3) is 0.333. The largest absolute Gasteiger partial charge is 0.384 e. The molecule has 2 rings (SSSR count). The van der Waals surface area contributed by atoms with Gasteiger partial charge in [0.25, 0.3) is 0 Å². The SMILES string of the molecule is CCCc1nc(N)cc(NC(C)c2ccccc2)n1. The van der Waals surface area contributed by atoms with Crippen LogP contribution in [0.15, 0.2) is 36.4 Å². The average Bonchev–Trinajstić information content (AvgIpc) is 2.39. The van der Waals surface area contributed by atoms with Crippen LogP contribution in [0.25, 0.3) is 0 Å². The van der Waals surface area contributed by atoms with Crippen molar-refractivity contribution in [2.24, 2.45) is 0 Å². The molecule has 1 aromatic heterocycles. The van der Waals surface area contributed by atoms with E-state index in [9.17, 15) is 0 Å². The molecule has 19 heavy (non-hydrogen) atoms. The second kappa shape index (κ2) is 6.18. The third-order valence-electron chi connectivity index (χ3n) is 2.93. The van der Waals surface area contributed by atoms with Gasteiger partial charge in [-0.25, -0.2) is 9.97 Å². The monoisotopic (exact) mass is 256 g/mol. The summed E-state index contributed by atoms with van der Waals surface area (Å²) in [4.78, 5) is 8.72. The van der Waals surface area contributed by atoms with Crippen LogP contribution in [-0.4, -0.2) is 9.97 Å². The quantitative estimate of drug-likeness (QED) is 0.862. The van der Waals surface area contributed by atoms with Crippen LogP contribution in [0.5, 0.6) is 0 Å². The summed E-state index contributed by atoms with van der Waals surface area (Å²) in [7, 11) is 0. The van der Waals surface area contributed by atoms with Gasteiger partial charge in [-0.1, -0.05) is 37.3 Å². The lowest BCUT2D eigenvalue weighted by molar-refractivity contribution is 0.821. The second-order valence-electron chi connectivity index (χ2n) is 4.62. The highest BCUT2D eigenvalue weighted by Crippen LogP contribution is 2.18. The standard InChI is InChI=1S/C15H20N4/c1-3-7-14-18-13(16)10-15(19-14)17-11(2)12-8-5-4-6-9-12/h4-6,8-11H,3,7H2,1-2H3,(H3,16,17,18,19). The maximum atomic E-state index is 5.81. The molecule has 0 saturated heterocycles. The topological polar surface area (TPSA) is 63.8 Å². The maximum Gasteiger partial charge on any atom is 0.133 e. The smallest absolute Gasteiger partial charge is 0.133 e. The molecule has 1 atom stereocenters. The minimum atomic E-state index is 0.185. The van der Waals surface area contributed by atoms with E-state index in [4.69, 9.17) is 5.73 Å².